The molecule has 2 rings (SSSR count). The van der Waals surface area contributed by atoms with Crippen LogP contribution in [-0.2, 0) is 15.9 Å². The molecule has 0 aliphatic rings. The van der Waals surface area contributed by atoms with Crippen LogP contribution in [-0.4, -0.2) is 15.0 Å². The van der Waals surface area contributed by atoms with Crippen molar-refractivity contribution in [2.75, 3.05) is 6.61 Å². The van der Waals surface area contributed by atoms with Crippen LogP contribution < -0.4 is 8.92 Å². The number of halogens is 1. The van der Waals surface area contributed by atoms with Crippen LogP contribution in [0.4, 0.5) is 4.39 Å². The molecule has 0 N–H and O–H groups in total. The van der Waals surface area contributed by atoms with Gasteiger partial charge in [0.1, 0.15) is 11.6 Å². The zero-order valence-electron chi connectivity index (χ0n) is 12.3. The molecule has 0 aliphatic heterocycles. The highest BCUT2D eigenvalue weighted by Crippen LogP contribution is 2.30. The smallest absolute Gasteiger partial charge is 0.313 e. The molecular weight excluding hydrogens is 321 g/mol. The van der Waals surface area contributed by atoms with Crippen molar-refractivity contribution in [2.45, 2.75) is 12.7 Å². The molecule has 0 radical (unpaired) electrons. The van der Waals surface area contributed by atoms with Gasteiger partial charge in [-0.3, -0.25) is 0 Å². The second-order valence-electron chi connectivity index (χ2n) is 4.62. The maximum absolute atomic E-state index is 12.9. The van der Waals surface area contributed by atoms with Gasteiger partial charge in [0.25, 0.3) is 0 Å². The van der Waals surface area contributed by atoms with Crippen molar-refractivity contribution in [1.29, 1.82) is 5.26 Å². The number of nitrogens with zero attached hydrogens (tertiary/aromatic N) is 1. The minimum Gasteiger partial charge on any atom is -0.490 e. The van der Waals surface area contributed by atoms with E-state index in [1.54, 1.807) is 6.92 Å². The first-order valence-corrected chi connectivity index (χ1v) is 8.35. The summed E-state index contributed by atoms with van der Waals surface area (Å²) in [5.74, 6) is -0.668. The first kappa shape index (κ1) is 16.8. The summed E-state index contributed by atoms with van der Waals surface area (Å²) < 4.78 is 47.5. The fourth-order valence-corrected chi connectivity index (χ4v) is 2.94. The zero-order valence-corrected chi connectivity index (χ0v) is 13.1. The molecule has 0 aromatic heterocycles. The van der Waals surface area contributed by atoms with Gasteiger partial charge >= 0.3 is 10.1 Å². The lowest BCUT2D eigenvalue weighted by atomic mass is 10.2. The summed E-state index contributed by atoms with van der Waals surface area (Å²) in [6.07, 6.45) is 0. The van der Waals surface area contributed by atoms with Crippen molar-refractivity contribution >= 4 is 10.1 Å². The third-order valence-corrected chi connectivity index (χ3v) is 3.97. The number of rotatable bonds is 6. The maximum Gasteiger partial charge on any atom is 0.313 e. The lowest BCUT2D eigenvalue weighted by molar-refractivity contribution is 0.327. The normalized spacial score (nSPS) is 10.8. The fraction of sp³-hybridized carbons (Fsp3) is 0.188. The van der Waals surface area contributed by atoms with E-state index < -0.39 is 21.7 Å². The molecule has 23 heavy (non-hydrogen) atoms. The predicted octanol–water partition coefficient (Wildman–Crippen LogP) is 3.00. The fourth-order valence-electron chi connectivity index (χ4n) is 1.87. The van der Waals surface area contributed by atoms with Crippen LogP contribution in [0.5, 0.6) is 11.5 Å². The second-order valence-corrected chi connectivity index (χ2v) is 6.19. The molecule has 0 fully saturated rings. The first-order valence-electron chi connectivity index (χ1n) is 6.77. The van der Waals surface area contributed by atoms with Gasteiger partial charge in [0.05, 0.1) is 18.2 Å². The Labute approximate surface area is 134 Å². The lowest BCUT2D eigenvalue weighted by Crippen LogP contribution is -2.13. The minimum absolute atomic E-state index is 0.00737. The quantitative estimate of drug-likeness (QED) is 0.759. The maximum atomic E-state index is 12.9. The third-order valence-electron chi connectivity index (χ3n) is 2.85. The van der Waals surface area contributed by atoms with E-state index in [2.05, 4.69) is 0 Å². The molecule has 2 aromatic rings. The Hall–Kier alpha value is -2.59. The molecule has 0 saturated heterocycles. The summed E-state index contributed by atoms with van der Waals surface area (Å²) in [7, 11) is -3.95. The Morgan fingerprint density at radius 3 is 2.43 bits per heavy atom. The highest BCUT2D eigenvalue weighted by Gasteiger charge is 2.17. The predicted molar refractivity (Wildman–Crippen MR) is 82.0 cm³/mol. The van der Waals surface area contributed by atoms with Gasteiger partial charge in [-0.25, -0.2) is 4.39 Å². The Kier molecular flexibility index (Phi) is 5.19. The van der Waals surface area contributed by atoms with Crippen LogP contribution in [0.1, 0.15) is 18.1 Å². The highest BCUT2D eigenvalue weighted by atomic mass is 32.2. The number of benzene rings is 2. The molecule has 0 spiro atoms. The molecule has 7 heteroatoms. The van der Waals surface area contributed by atoms with Crippen molar-refractivity contribution in [3.05, 3.63) is 59.4 Å². The zero-order chi connectivity index (χ0) is 16.9. The summed E-state index contributed by atoms with van der Waals surface area (Å²) >= 11 is 0. The molecule has 0 atom stereocenters. The van der Waals surface area contributed by atoms with E-state index in [9.17, 15) is 12.8 Å². The Morgan fingerprint density at radius 1 is 1.13 bits per heavy atom. The number of hydrogen-bond donors (Lipinski definition) is 0. The highest BCUT2D eigenvalue weighted by molar-refractivity contribution is 7.86. The van der Waals surface area contributed by atoms with Crippen LogP contribution in [0.15, 0.2) is 42.5 Å². The molecular formula is C16H14FNO4S. The summed E-state index contributed by atoms with van der Waals surface area (Å²) in [6.45, 7) is 2.03. The van der Waals surface area contributed by atoms with Crippen molar-refractivity contribution < 1.29 is 21.7 Å². The van der Waals surface area contributed by atoms with Crippen molar-refractivity contribution in [1.82, 2.24) is 0 Å². The van der Waals surface area contributed by atoms with Gasteiger partial charge in [-0.05, 0) is 36.8 Å². The van der Waals surface area contributed by atoms with Gasteiger partial charge < -0.3 is 8.92 Å². The Bertz CT molecular complexity index is 826. The van der Waals surface area contributed by atoms with Crippen LogP contribution in [0, 0.1) is 17.1 Å². The molecule has 120 valence electrons. The summed E-state index contributed by atoms with van der Waals surface area (Å²) in [5.41, 5.74) is 0.731. The van der Waals surface area contributed by atoms with E-state index in [4.69, 9.17) is 14.2 Å². The van der Waals surface area contributed by atoms with E-state index in [-0.39, 0.29) is 11.5 Å². The molecule has 0 heterocycles. The monoisotopic (exact) mass is 335 g/mol. The van der Waals surface area contributed by atoms with Gasteiger partial charge in [-0.2, -0.15) is 13.7 Å². The summed E-state index contributed by atoms with van der Waals surface area (Å²) in [6, 6.07) is 11.3. The van der Waals surface area contributed by atoms with Crippen LogP contribution in [0.2, 0.25) is 0 Å². The molecule has 0 saturated carbocycles. The van der Waals surface area contributed by atoms with Gasteiger partial charge in [0.2, 0.25) is 0 Å². The third kappa shape index (κ3) is 4.69. The Morgan fingerprint density at radius 2 is 1.83 bits per heavy atom. The van der Waals surface area contributed by atoms with E-state index in [0.29, 0.717) is 17.7 Å². The summed E-state index contributed by atoms with van der Waals surface area (Å²) in [4.78, 5) is 0. The van der Waals surface area contributed by atoms with E-state index in [1.165, 1.54) is 42.5 Å². The first-order chi connectivity index (χ1) is 10.9. The second kappa shape index (κ2) is 7.11. The van der Waals surface area contributed by atoms with E-state index >= 15 is 0 Å². The van der Waals surface area contributed by atoms with Crippen molar-refractivity contribution in [2.24, 2.45) is 0 Å². The van der Waals surface area contributed by atoms with Gasteiger partial charge in [0, 0.05) is 6.07 Å². The molecule has 0 amide bonds. The topological polar surface area (TPSA) is 76.4 Å². The Balaban J connectivity index is 2.23. The van der Waals surface area contributed by atoms with E-state index in [0.717, 1.165) is 0 Å². The average Bonchev–Trinajstić information content (AvgIpc) is 2.51. The van der Waals surface area contributed by atoms with Crippen molar-refractivity contribution in [3.8, 4) is 17.6 Å². The van der Waals surface area contributed by atoms with Crippen LogP contribution in [0.3, 0.4) is 0 Å². The largest absolute Gasteiger partial charge is 0.490 e. The molecule has 0 bridgehead atoms. The van der Waals surface area contributed by atoms with E-state index in [1.807, 2.05) is 6.07 Å². The minimum atomic E-state index is -3.95. The lowest BCUT2D eigenvalue weighted by Gasteiger charge is -2.12. The molecule has 5 nitrogen and oxygen atoms in total. The van der Waals surface area contributed by atoms with Crippen LogP contribution >= 0.6 is 0 Å². The van der Waals surface area contributed by atoms with Gasteiger partial charge in [-0.15, -0.1) is 0 Å². The SMILES string of the molecule is CCOc1cc(C#N)ccc1OS(=O)(=O)Cc1ccc(F)cc1. The molecule has 0 aliphatic carbocycles. The number of nitriles is 1. The summed E-state index contributed by atoms with van der Waals surface area (Å²) in [5, 5.41) is 8.88. The van der Waals surface area contributed by atoms with Gasteiger partial charge in [0.15, 0.2) is 11.5 Å². The molecule has 0 unspecified atom stereocenters. The standard InChI is InChI=1S/C16H14FNO4S/c1-2-21-16-9-13(10-18)5-8-15(16)22-23(19,20)11-12-3-6-14(17)7-4-12/h3-9H,2,11H2,1H3. The van der Waals surface area contributed by atoms with Crippen molar-refractivity contribution in [3.63, 3.8) is 0 Å². The van der Waals surface area contributed by atoms with Gasteiger partial charge in [-0.1, -0.05) is 12.1 Å². The average molecular weight is 335 g/mol. The number of hydrogen-bond acceptors (Lipinski definition) is 5. The molecule has 2 aromatic carbocycles. The number of ether oxygens (including phenoxy) is 1. The van der Waals surface area contributed by atoms with Crippen LogP contribution in [0.25, 0.3) is 0 Å².